The van der Waals surface area contributed by atoms with Crippen molar-refractivity contribution in [2.24, 2.45) is 28.1 Å². The summed E-state index contributed by atoms with van der Waals surface area (Å²) in [4.78, 5) is 54.9. The smallest absolute Gasteiger partial charge is 0.327 e. The highest BCUT2D eigenvalue weighted by molar-refractivity contribution is 7.80. The largest absolute Gasteiger partial charge is 0.480 e. The van der Waals surface area contributed by atoms with Crippen molar-refractivity contribution in [1.82, 2.24) is 15.5 Å². The van der Waals surface area contributed by atoms with E-state index >= 15 is 0 Å². The minimum Gasteiger partial charge on any atom is -0.480 e. The maximum Gasteiger partial charge on any atom is 0.327 e. The number of thiol groups is 1. The Morgan fingerprint density at radius 1 is 1.19 bits per heavy atom. The van der Waals surface area contributed by atoms with Crippen molar-refractivity contribution in [2.75, 3.05) is 18.8 Å². The van der Waals surface area contributed by atoms with Gasteiger partial charge in [-0.1, -0.05) is 13.8 Å². The summed E-state index contributed by atoms with van der Waals surface area (Å²) in [5.74, 6) is -2.98. The molecule has 0 aromatic rings. The van der Waals surface area contributed by atoms with E-state index in [0.29, 0.717) is 25.8 Å². The maximum atomic E-state index is 13.3. The van der Waals surface area contributed by atoms with E-state index in [1.807, 2.05) is 0 Å². The third-order valence-corrected chi connectivity index (χ3v) is 5.58. The monoisotopic (exact) mass is 473 g/mol. The Morgan fingerprint density at radius 3 is 2.38 bits per heavy atom. The molecule has 1 fully saturated rings. The number of likely N-dealkylation sites (tertiary alicyclic amines) is 1. The van der Waals surface area contributed by atoms with E-state index < -0.39 is 47.9 Å². The second kappa shape index (κ2) is 13.1. The number of carbonyl (C=O) groups excluding carboxylic acids is 3. The van der Waals surface area contributed by atoms with E-state index in [-0.39, 0.29) is 30.6 Å². The topological polar surface area (TPSA) is 206 Å². The third kappa shape index (κ3) is 8.19. The van der Waals surface area contributed by atoms with Crippen molar-refractivity contribution >= 4 is 42.3 Å². The van der Waals surface area contributed by atoms with Crippen LogP contribution in [-0.4, -0.2) is 82.7 Å². The molecule has 182 valence electrons. The van der Waals surface area contributed by atoms with Gasteiger partial charge >= 0.3 is 5.97 Å². The predicted molar refractivity (Wildman–Crippen MR) is 123 cm³/mol. The molecule has 4 unspecified atom stereocenters. The van der Waals surface area contributed by atoms with Gasteiger partial charge in [-0.2, -0.15) is 12.6 Å². The Bertz CT molecular complexity index is 714. The lowest BCUT2D eigenvalue weighted by Crippen LogP contribution is -2.57. The van der Waals surface area contributed by atoms with Gasteiger partial charge in [0.1, 0.15) is 18.1 Å². The normalized spacial score (nSPS) is 18.5. The molecule has 1 rings (SSSR count). The third-order valence-electron chi connectivity index (χ3n) is 5.22. The Balaban J connectivity index is 2.96. The summed E-state index contributed by atoms with van der Waals surface area (Å²) in [5.41, 5.74) is 16.6. The SMILES string of the molecule is CC(C)C(N)C(=O)NC(CCCN=C(N)N)C(=O)N1CCCC1C(=O)NC(CS)C(=O)O. The zero-order chi connectivity index (χ0) is 24.4. The van der Waals surface area contributed by atoms with Gasteiger partial charge < -0.3 is 37.8 Å². The number of hydrogen-bond acceptors (Lipinski definition) is 7. The summed E-state index contributed by atoms with van der Waals surface area (Å²) in [6.07, 6.45) is 1.61. The van der Waals surface area contributed by atoms with Gasteiger partial charge in [0.25, 0.3) is 0 Å². The first kappa shape index (κ1) is 27.5. The molecular weight excluding hydrogens is 438 g/mol. The molecule has 4 atom stereocenters. The number of amides is 3. The standard InChI is InChI=1S/C19H35N7O5S/c1-10(2)14(20)16(28)24-11(5-3-7-23-19(21)22)17(29)26-8-4-6-13(26)15(27)25-12(9-32)18(30)31/h10-14,32H,3-9,20H2,1-2H3,(H,24,28)(H,25,27)(H,30,31)(H4,21,22,23). The molecule has 0 aromatic heterocycles. The van der Waals surface area contributed by atoms with Crippen LogP contribution in [0.3, 0.4) is 0 Å². The molecule has 3 amide bonds. The molecule has 0 radical (unpaired) electrons. The van der Waals surface area contributed by atoms with Gasteiger partial charge in [0.15, 0.2) is 5.96 Å². The zero-order valence-electron chi connectivity index (χ0n) is 18.5. The molecule has 0 aromatic carbocycles. The van der Waals surface area contributed by atoms with E-state index in [0.717, 1.165) is 0 Å². The lowest BCUT2D eigenvalue weighted by atomic mass is 10.0. The van der Waals surface area contributed by atoms with E-state index in [2.05, 4.69) is 28.3 Å². The molecule has 12 nitrogen and oxygen atoms in total. The number of carbonyl (C=O) groups is 4. The van der Waals surface area contributed by atoms with Crippen molar-refractivity contribution in [3.63, 3.8) is 0 Å². The summed E-state index contributed by atoms with van der Waals surface area (Å²) in [6, 6.07) is -3.72. The molecule has 1 aliphatic rings. The lowest BCUT2D eigenvalue weighted by molar-refractivity contribution is -0.144. The molecule has 13 heteroatoms. The van der Waals surface area contributed by atoms with E-state index in [9.17, 15) is 19.2 Å². The lowest BCUT2D eigenvalue weighted by Gasteiger charge is -2.30. The number of nitrogens with zero attached hydrogens (tertiary/aromatic N) is 2. The van der Waals surface area contributed by atoms with E-state index in [4.69, 9.17) is 22.3 Å². The number of aliphatic imine (C=N–C) groups is 1. The number of guanidine groups is 1. The van der Waals surface area contributed by atoms with Crippen molar-refractivity contribution in [3.05, 3.63) is 0 Å². The molecule has 1 aliphatic heterocycles. The van der Waals surface area contributed by atoms with Gasteiger partial charge in [-0.05, 0) is 31.6 Å². The van der Waals surface area contributed by atoms with Crippen LogP contribution in [-0.2, 0) is 19.2 Å². The van der Waals surface area contributed by atoms with Crippen molar-refractivity contribution < 1.29 is 24.3 Å². The van der Waals surface area contributed by atoms with Crippen LogP contribution in [0.25, 0.3) is 0 Å². The molecule has 9 N–H and O–H groups in total. The highest BCUT2D eigenvalue weighted by atomic mass is 32.1. The Morgan fingerprint density at radius 2 is 1.84 bits per heavy atom. The zero-order valence-corrected chi connectivity index (χ0v) is 19.4. The molecule has 0 spiro atoms. The summed E-state index contributed by atoms with van der Waals surface area (Å²) in [7, 11) is 0. The van der Waals surface area contributed by atoms with Crippen LogP contribution in [0.4, 0.5) is 0 Å². The highest BCUT2D eigenvalue weighted by Gasteiger charge is 2.39. The fourth-order valence-electron chi connectivity index (χ4n) is 3.29. The number of nitrogens with two attached hydrogens (primary N) is 3. The van der Waals surface area contributed by atoms with Crippen molar-refractivity contribution in [2.45, 2.75) is 63.7 Å². The fraction of sp³-hybridized carbons (Fsp3) is 0.737. The molecule has 1 heterocycles. The predicted octanol–water partition coefficient (Wildman–Crippen LogP) is -2.00. The first-order valence-electron chi connectivity index (χ1n) is 10.5. The fourth-order valence-corrected chi connectivity index (χ4v) is 3.54. The van der Waals surface area contributed by atoms with Crippen LogP contribution in [0.2, 0.25) is 0 Å². The first-order valence-corrected chi connectivity index (χ1v) is 11.2. The maximum absolute atomic E-state index is 13.3. The highest BCUT2D eigenvalue weighted by Crippen LogP contribution is 2.20. The minimum atomic E-state index is -1.21. The van der Waals surface area contributed by atoms with E-state index in [1.54, 1.807) is 13.8 Å². The van der Waals surface area contributed by atoms with Crippen molar-refractivity contribution in [3.8, 4) is 0 Å². The molecule has 0 aliphatic carbocycles. The number of carboxylic acids is 1. The van der Waals surface area contributed by atoms with Gasteiger partial charge in [0.2, 0.25) is 17.7 Å². The summed E-state index contributed by atoms with van der Waals surface area (Å²) < 4.78 is 0. The van der Waals surface area contributed by atoms with Gasteiger partial charge in [-0.15, -0.1) is 0 Å². The van der Waals surface area contributed by atoms with Gasteiger partial charge in [-0.25, -0.2) is 4.79 Å². The number of carboxylic acid groups (broad SMARTS) is 1. The van der Waals surface area contributed by atoms with E-state index in [1.165, 1.54) is 4.90 Å². The van der Waals surface area contributed by atoms with Crippen LogP contribution < -0.4 is 27.8 Å². The van der Waals surface area contributed by atoms with Gasteiger partial charge in [-0.3, -0.25) is 19.4 Å². The van der Waals surface area contributed by atoms with Crippen LogP contribution >= 0.6 is 12.6 Å². The molecule has 0 saturated carbocycles. The second-order valence-corrected chi connectivity index (χ2v) is 8.42. The molecule has 0 bridgehead atoms. The Kier molecular flexibility index (Phi) is 11.3. The second-order valence-electron chi connectivity index (χ2n) is 8.05. The van der Waals surface area contributed by atoms with Gasteiger partial charge in [0, 0.05) is 18.8 Å². The minimum absolute atomic E-state index is 0.0767. The summed E-state index contributed by atoms with van der Waals surface area (Å²) in [5, 5.41) is 14.2. The summed E-state index contributed by atoms with van der Waals surface area (Å²) in [6.45, 7) is 4.17. The van der Waals surface area contributed by atoms with Crippen LogP contribution in [0.15, 0.2) is 4.99 Å². The average molecular weight is 474 g/mol. The van der Waals surface area contributed by atoms with Crippen LogP contribution in [0.5, 0.6) is 0 Å². The molecule has 1 saturated heterocycles. The van der Waals surface area contributed by atoms with Crippen LogP contribution in [0, 0.1) is 5.92 Å². The Hall–Kier alpha value is -2.54. The molecule has 32 heavy (non-hydrogen) atoms. The average Bonchev–Trinajstić information content (AvgIpc) is 3.22. The summed E-state index contributed by atoms with van der Waals surface area (Å²) >= 11 is 3.94. The van der Waals surface area contributed by atoms with Crippen LogP contribution in [0.1, 0.15) is 39.5 Å². The van der Waals surface area contributed by atoms with Crippen molar-refractivity contribution in [1.29, 1.82) is 0 Å². The number of nitrogens with one attached hydrogen (secondary N) is 2. The number of aliphatic carboxylic acids is 1. The first-order chi connectivity index (χ1) is 15.0. The van der Waals surface area contributed by atoms with Gasteiger partial charge in [0.05, 0.1) is 6.04 Å². The number of hydrogen-bond donors (Lipinski definition) is 7. The quantitative estimate of drug-likeness (QED) is 0.0728. The number of rotatable bonds is 12. The molecular formula is C19H35N7O5S. The Labute approximate surface area is 193 Å².